The maximum atomic E-state index is 12.9. The number of likely N-dealkylation sites (tertiary alicyclic amines) is 1. The molecule has 1 aromatic rings. The van der Waals surface area contributed by atoms with Gasteiger partial charge in [0.1, 0.15) is 0 Å². The molecule has 2 fully saturated rings. The van der Waals surface area contributed by atoms with E-state index in [0.29, 0.717) is 25.6 Å². The molecule has 0 spiro atoms. The van der Waals surface area contributed by atoms with Crippen molar-refractivity contribution < 1.29 is 9.90 Å². The van der Waals surface area contributed by atoms with Crippen LogP contribution in [0, 0.1) is 0 Å². The van der Waals surface area contributed by atoms with Crippen molar-refractivity contribution in [1.29, 1.82) is 0 Å². The van der Waals surface area contributed by atoms with Crippen LogP contribution in [0.25, 0.3) is 0 Å². The highest BCUT2D eigenvalue weighted by Gasteiger charge is 2.43. The summed E-state index contributed by atoms with van der Waals surface area (Å²) in [6, 6.07) is 10.8. The lowest BCUT2D eigenvalue weighted by molar-refractivity contribution is -0.159. The molecular weight excluding hydrogens is 312 g/mol. The number of aliphatic hydroxyl groups is 1. The molecule has 1 atom stereocenters. The average molecular weight is 344 g/mol. The predicted molar refractivity (Wildman–Crippen MR) is 100 cm³/mol. The van der Waals surface area contributed by atoms with Crippen molar-refractivity contribution in [3.63, 3.8) is 0 Å². The molecule has 1 unspecified atom stereocenters. The van der Waals surface area contributed by atoms with Crippen LogP contribution in [-0.4, -0.2) is 59.1 Å². The van der Waals surface area contributed by atoms with Crippen LogP contribution in [0.4, 0.5) is 0 Å². The van der Waals surface area contributed by atoms with Gasteiger partial charge < -0.3 is 14.9 Å². The number of hydrogen-bond acceptors (Lipinski definition) is 3. The number of likely N-dealkylation sites (N-methyl/N-ethyl adjacent to an activating group) is 1. The third-order valence-electron chi connectivity index (χ3n) is 5.93. The minimum atomic E-state index is -1.21. The second kappa shape index (κ2) is 8.33. The number of amides is 1. The van der Waals surface area contributed by atoms with Crippen LogP contribution in [0.15, 0.2) is 30.3 Å². The van der Waals surface area contributed by atoms with Crippen molar-refractivity contribution in [2.75, 3.05) is 26.7 Å². The SMILES string of the molecule is CN(CC1(O)CCCN(CCc2ccccc2)C1=O)C1CCCCC1. The fourth-order valence-electron chi connectivity index (χ4n) is 4.40. The van der Waals surface area contributed by atoms with Crippen LogP contribution in [0.2, 0.25) is 0 Å². The number of benzene rings is 1. The standard InChI is InChI=1S/C21H32N2O2/c1-22(19-11-6-3-7-12-19)17-21(25)14-8-15-23(20(21)24)16-13-18-9-4-2-5-10-18/h2,4-5,9-10,19,25H,3,6-8,11-17H2,1H3. The van der Waals surface area contributed by atoms with Crippen molar-refractivity contribution in [3.05, 3.63) is 35.9 Å². The lowest BCUT2D eigenvalue weighted by Crippen LogP contribution is -2.59. The number of piperidine rings is 1. The van der Waals surface area contributed by atoms with Crippen molar-refractivity contribution >= 4 is 5.91 Å². The monoisotopic (exact) mass is 344 g/mol. The smallest absolute Gasteiger partial charge is 0.255 e. The van der Waals surface area contributed by atoms with Gasteiger partial charge in [-0.25, -0.2) is 0 Å². The first-order valence-corrected chi connectivity index (χ1v) is 9.84. The minimum absolute atomic E-state index is 0.0719. The maximum absolute atomic E-state index is 12.9. The van der Waals surface area contributed by atoms with Gasteiger partial charge in [0.2, 0.25) is 0 Å². The first-order valence-electron chi connectivity index (χ1n) is 9.84. The van der Waals surface area contributed by atoms with E-state index in [9.17, 15) is 9.90 Å². The molecule has 1 amide bonds. The van der Waals surface area contributed by atoms with E-state index < -0.39 is 5.60 Å². The summed E-state index contributed by atoms with van der Waals surface area (Å²) in [7, 11) is 2.07. The Balaban J connectivity index is 1.57. The quantitative estimate of drug-likeness (QED) is 0.863. The number of nitrogens with zero attached hydrogens (tertiary/aromatic N) is 2. The highest BCUT2D eigenvalue weighted by Crippen LogP contribution is 2.27. The molecule has 3 rings (SSSR count). The maximum Gasteiger partial charge on any atom is 0.255 e. The zero-order chi connectivity index (χ0) is 17.7. The third-order valence-corrected chi connectivity index (χ3v) is 5.93. The molecular formula is C21H32N2O2. The summed E-state index contributed by atoms with van der Waals surface area (Å²) in [5.41, 5.74) is 0.0324. The zero-order valence-electron chi connectivity index (χ0n) is 15.5. The Kier molecular flexibility index (Phi) is 6.13. The van der Waals surface area contributed by atoms with E-state index in [1.54, 1.807) is 0 Å². The van der Waals surface area contributed by atoms with E-state index >= 15 is 0 Å². The molecule has 1 aromatic carbocycles. The Morgan fingerprint density at radius 2 is 1.88 bits per heavy atom. The molecule has 1 heterocycles. The molecule has 138 valence electrons. The highest BCUT2D eigenvalue weighted by atomic mass is 16.3. The molecule has 0 aromatic heterocycles. The predicted octanol–water partition coefficient (Wildman–Crippen LogP) is 2.85. The Morgan fingerprint density at radius 1 is 1.16 bits per heavy atom. The fourth-order valence-corrected chi connectivity index (χ4v) is 4.40. The first kappa shape index (κ1) is 18.4. The van der Waals surface area contributed by atoms with Crippen molar-refractivity contribution in [2.24, 2.45) is 0 Å². The van der Waals surface area contributed by atoms with Crippen LogP contribution in [-0.2, 0) is 11.2 Å². The normalized spacial score (nSPS) is 25.6. The fraction of sp³-hybridized carbons (Fsp3) is 0.667. The van der Waals surface area contributed by atoms with Crippen molar-refractivity contribution in [2.45, 2.75) is 63.0 Å². The molecule has 1 aliphatic heterocycles. The second-order valence-electron chi connectivity index (χ2n) is 7.87. The average Bonchev–Trinajstić information content (AvgIpc) is 2.64. The van der Waals surface area contributed by atoms with Crippen molar-refractivity contribution in [1.82, 2.24) is 9.80 Å². The molecule has 2 aliphatic rings. The van der Waals surface area contributed by atoms with Gasteiger partial charge in [0.15, 0.2) is 5.60 Å². The summed E-state index contributed by atoms with van der Waals surface area (Å²) < 4.78 is 0. The largest absolute Gasteiger partial charge is 0.379 e. The van der Waals surface area contributed by atoms with Crippen LogP contribution < -0.4 is 0 Å². The van der Waals surface area contributed by atoms with E-state index in [1.165, 1.54) is 37.7 Å². The van der Waals surface area contributed by atoms with E-state index in [2.05, 4.69) is 24.1 Å². The minimum Gasteiger partial charge on any atom is -0.379 e. The topological polar surface area (TPSA) is 43.8 Å². The van der Waals surface area contributed by atoms with Crippen molar-refractivity contribution in [3.8, 4) is 0 Å². The third kappa shape index (κ3) is 4.62. The zero-order valence-corrected chi connectivity index (χ0v) is 15.5. The lowest BCUT2D eigenvalue weighted by atomic mass is 9.88. The lowest BCUT2D eigenvalue weighted by Gasteiger charge is -2.42. The molecule has 25 heavy (non-hydrogen) atoms. The Hall–Kier alpha value is -1.39. The van der Waals surface area contributed by atoms with E-state index in [1.807, 2.05) is 23.1 Å². The molecule has 0 bridgehead atoms. The molecule has 1 saturated carbocycles. The van der Waals surface area contributed by atoms with Crippen LogP contribution in [0.5, 0.6) is 0 Å². The molecule has 0 radical (unpaired) electrons. The molecule has 1 N–H and O–H groups in total. The number of rotatable bonds is 6. The Bertz CT molecular complexity index is 556. The van der Waals surface area contributed by atoms with Gasteiger partial charge in [0.05, 0.1) is 0 Å². The van der Waals surface area contributed by atoms with Gasteiger partial charge in [-0.2, -0.15) is 0 Å². The van der Waals surface area contributed by atoms with Gasteiger partial charge in [-0.3, -0.25) is 4.79 Å². The van der Waals surface area contributed by atoms with Gasteiger partial charge in [0.25, 0.3) is 5.91 Å². The summed E-state index contributed by atoms with van der Waals surface area (Å²) in [5, 5.41) is 11.1. The summed E-state index contributed by atoms with van der Waals surface area (Å²) in [4.78, 5) is 17.0. The van der Waals surface area contributed by atoms with Gasteiger partial charge in [-0.1, -0.05) is 49.6 Å². The molecule has 1 aliphatic carbocycles. The summed E-state index contributed by atoms with van der Waals surface area (Å²) in [6.07, 6.45) is 8.56. The Labute approximate surface area is 151 Å². The van der Waals surface area contributed by atoms with Crippen LogP contribution in [0.3, 0.4) is 0 Å². The van der Waals surface area contributed by atoms with E-state index in [4.69, 9.17) is 0 Å². The van der Waals surface area contributed by atoms with Crippen LogP contribution in [0.1, 0.15) is 50.5 Å². The van der Waals surface area contributed by atoms with E-state index in [-0.39, 0.29) is 5.91 Å². The molecule has 1 saturated heterocycles. The Morgan fingerprint density at radius 3 is 2.60 bits per heavy atom. The van der Waals surface area contributed by atoms with Gasteiger partial charge in [-0.15, -0.1) is 0 Å². The summed E-state index contributed by atoms with van der Waals surface area (Å²) >= 11 is 0. The van der Waals surface area contributed by atoms with E-state index in [0.717, 1.165) is 19.4 Å². The summed E-state index contributed by atoms with van der Waals surface area (Å²) in [6.45, 7) is 1.93. The first-order chi connectivity index (χ1) is 12.1. The van der Waals surface area contributed by atoms with Gasteiger partial charge in [-0.05, 0) is 44.7 Å². The van der Waals surface area contributed by atoms with Gasteiger partial charge >= 0.3 is 0 Å². The highest BCUT2D eigenvalue weighted by molar-refractivity contribution is 5.86. The summed E-state index contributed by atoms with van der Waals surface area (Å²) in [5.74, 6) is -0.0719. The molecule has 4 nitrogen and oxygen atoms in total. The molecule has 4 heteroatoms. The number of hydrogen-bond donors (Lipinski definition) is 1. The second-order valence-corrected chi connectivity index (χ2v) is 7.87. The number of carbonyl (C=O) groups excluding carboxylic acids is 1. The van der Waals surface area contributed by atoms with Crippen LogP contribution >= 0.6 is 0 Å². The number of carbonyl (C=O) groups is 1. The van der Waals surface area contributed by atoms with Gasteiger partial charge in [0, 0.05) is 25.7 Å².